The van der Waals surface area contributed by atoms with E-state index in [9.17, 15) is 9.59 Å². The Kier molecular flexibility index (Phi) is 5.48. The van der Waals surface area contributed by atoms with Gasteiger partial charge in [-0.05, 0) is 60.0 Å². The van der Waals surface area contributed by atoms with E-state index in [0.29, 0.717) is 22.8 Å². The largest absolute Gasteiger partial charge is 0.348 e. The number of hydrogen-bond acceptors (Lipinski definition) is 7. The van der Waals surface area contributed by atoms with E-state index in [2.05, 4.69) is 39.9 Å². The van der Waals surface area contributed by atoms with E-state index in [1.165, 1.54) is 15.5 Å². The minimum atomic E-state index is -0.265. The van der Waals surface area contributed by atoms with E-state index in [4.69, 9.17) is 4.98 Å². The molecule has 0 radical (unpaired) electrons. The van der Waals surface area contributed by atoms with Gasteiger partial charge in [0, 0.05) is 42.8 Å². The standard InChI is InChI=1S/C25H24N8O2S/c1-15-6-7-21(36-15)20-13-26-24-19(33-23(28-29-30-33)17-4-3-5-17)11-18(14-32(20)24)25(35)27-12-16-8-9-31(2)22(34)10-16/h6-11,13-14,17H,3-5,12H2,1-2H3,(H,27,35). The van der Waals surface area contributed by atoms with Crippen LogP contribution in [0.3, 0.4) is 0 Å². The van der Waals surface area contributed by atoms with Crippen molar-refractivity contribution in [2.24, 2.45) is 7.05 Å². The molecule has 0 unspecified atom stereocenters. The second-order valence-electron chi connectivity index (χ2n) is 9.10. The van der Waals surface area contributed by atoms with Crippen LogP contribution in [0.1, 0.15) is 51.8 Å². The zero-order valence-electron chi connectivity index (χ0n) is 19.9. The maximum Gasteiger partial charge on any atom is 0.253 e. The molecular weight excluding hydrogens is 476 g/mol. The van der Waals surface area contributed by atoms with Crippen molar-refractivity contribution in [2.45, 2.75) is 38.6 Å². The number of amides is 1. The van der Waals surface area contributed by atoms with Gasteiger partial charge in [0.2, 0.25) is 0 Å². The van der Waals surface area contributed by atoms with Gasteiger partial charge < -0.3 is 9.88 Å². The maximum atomic E-state index is 13.3. The van der Waals surface area contributed by atoms with Crippen molar-refractivity contribution in [1.29, 1.82) is 0 Å². The first kappa shape index (κ1) is 22.4. The zero-order valence-corrected chi connectivity index (χ0v) is 20.7. The summed E-state index contributed by atoms with van der Waals surface area (Å²) in [6, 6.07) is 9.24. The molecule has 1 saturated carbocycles. The van der Waals surface area contributed by atoms with Gasteiger partial charge in [-0.25, -0.2) is 4.98 Å². The third-order valence-electron chi connectivity index (χ3n) is 6.66. The quantitative estimate of drug-likeness (QED) is 0.383. The molecule has 1 amide bonds. The molecule has 5 aromatic rings. The third-order valence-corrected chi connectivity index (χ3v) is 7.68. The topological polar surface area (TPSA) is 112 Å². The summed E-state index contributed by atoms with van der Waals surface area (Å²) in [6.45, 7) is 2.30. The second kappa shape index (κ2) is 8.83. The van der Waals surface area contributed by atoms with Crippen molar-refractivity contribution >= 4 is 22.9 Å². The normalized spacial score (nSPS) is 13.7. The number of rotatable bonds is 6. The van der Waals surface area contributed by atoms with E-state index < -0.39 is 0 Å². The van der Waals surface area contributed by atoms with Crippen LogP contribution in [-0.4, -0.2) is 40.1 Å². The summed E-state index contributed by atoms with van der Waals surface area (Å²) in [5.41, 5.74) is 3.28. The van der Waals surface area contributed by atoms with Gasteiger partial charge in [-0.15, -0.1) is 16.4 Å². The summed E-state index contributed by atoms with van der Waals surface area (Å²) in [5, 5.41) is 15.4. The van der Waals surface area contributed by atoms with Gasteiger partial charge in [0.25, 0.3) is 11.5 Å². The molecule has 36 heavy (non-hydrogen) atoms. The van der Waals surface area contributed by atoms with Crippen LogP contribution in [0.25, 0.3) is 21.9 Å². The number of imidazole rings is 1. The van der Waals surface area contributed by atoms with Crippen LogP contribution in [-0.2, 0) is 13.6 Å². The molecule has 5 aromatic heterocycles. The lowest BCUT2D eigenvalue weighted by Gasteiger charge is -2.24. The number of aryl methyl sites for hydroxylation is 2. The fraction of sp³-hybridized carbons (Fsp3) is 0.280. The summed E-state index contributed by atoms with van der Waals surface area (Å²) in [5.74, 6) is 0.823. The van der Waals surface area contributed by atoms with Crippen LogP contribution in [0.2, 0.25) is 0 Å². The number of carbonyl (C=O) groups excluding carboxylic acids is 1. The molecule has 1 aliphatic rings. The van der Waals surface area contributed by atoms with E-state index in [-0.39, 0.29) is 18.0 Å². The smallest absolute Gasteiger partial charge is 0.253 e. The van der Waals surface area contributed by atoms with Crippen LogP contribution < -0.4 is 10.9 Å². The maximum absolute atomic E-state index is 13.3. The Hall–Kier alpha value is -4.12. The average molecular weight is 501 g/mol. The lowest BCUT2D eigenvalue weighted by atomic mass is 9.85. The fourth-order valence-electron chi connectivity index (χ4n) is 4.37. The average Bonchev–Trinajstić information content (AvgIpc) is 3.57. The van der Waals surface area contributed by atoms with Gasteiger partial charge in [-0.1, -0.05) is 6.42 Å². The molecule has 0 spiro atoms. The number of hydrogen-bond donors (Lipinski definition) is 1. The highest BCUT2D eigenvalue weighted by atomic mass is 32.1. The van der Waals surface area contributed by atoms with Crippen molar-refractivity contribution in [1.82, 2.24) is 39.5 Å². The van der Waals surface area contributed by atoms with Crippen molar-refractivity contribution in [3.8, 4) is 16.3 Å². The van der Waals surface area contributed by atoms with Gasteiger partial charge in [0.15, 0.2) is 11.5 Å². The number of fused-ring (bicyclic) bond motifs is 1. The molecular formula is C25H24N8O2S. The van der Waals surface area contributed by atoms with Crippen molar-refractivity contribution in [3.05, 3.63) is 81.1 Å². The number of carbonyl (C=O) groups is 1. The van der Waals surface area contributed by atoms with Gasteiger partial charge in [0.1, 0.15) is 5.69 Å². The molecule has 0 aromatic carbocycles. The predicted molar refractivity (Wildman–Crippen MR) is 135 cm³/mol. The molecule has 0 aliphatic heterocycles. The highest BCUT2D eigenvalue weighted by molar-refractivity contribution is 7.15. The Morgan fingerprint density at radius 2 is 2.08 bits per heavy atom. The molecule has 5 heterocycles. The summed E-state index contributed by atoms with van der Waals surface area (Å²) in [7, 11) is 1.69. The van der Waals surface area contributed by atoms with Crippen molar-refractivity contribution in [2.75, 3.05) is 0 Å². The van der Waals surface area contributed by atoms with E-state index in [1.54, 1.807) is 41.5 Å². The van der Waals surface area contributed by atoms with Gasteiger partial charge in [-0.2, -0.15) is 4.68 Å². The molecule has 1 aliphatic carbocycles. The summed E-state index contributed by atoms with van der Waals surface area (Å²) >= 11 is 1.67. The number of tetrazole rings is 1. The number of pyridine rings is 2. The van der Waals surface area contributed by atoms with Crippen LogP contribution in [0.4, 0.5) is 0 Å². The Morgan fingerprint density at radius 1 is 1.22 bits per heavy atom. The molecule has 0 saturated heterocycles. The minimum absolute atomic E-state index is 0.123. The molecule has 0 bridgehead atoms. The summed E-state index contributed by atoms with van der Waals surface area (Å²) < 4.78 is 5.14. The summed E-state index contributed by atoms with van der Waals surface area (Å²) in [6.07, 6.45) is 8.54. The highest BCUT2D eigenvalue weighted by Gasteiger charge is 2.28. The number of thiophene rings is 1. The van der Waals surface area contributed by atoms with Crippen molar-refractivity contribution < 1.29 is 4.79 Å². The van der Waals surface area contributed by atoms with Gasteiger partial charge in [-0.3, -0.25) is 14.0 Å². The number of aromatic nitrogens is 7. The first-order chi connectivity index (χ1) is 17.5. The van der Waals surface area contributed by atoms with E-state index in [0.717, 1.165) is 41.2 Å². The Morgan fingerprint density at radius 3 is 2.81 bits per heavy atom. The van der Waals surface area contributed by atoms with Crippen molar-refractivity contribution in [3.63, 3.8) is 0 Å². The van der Waals surface area contributed by atoms with E-state index in [1.807, 2.05) is 16.7 Å². The SMILES string of the molecule is Cc1ccc(-c2cnc3c(-n4nnnc4C4CCC4)cc(C(=O)NCc4ccn(C)c(=O)c4)cn23)s1. The zero-order chi connectivity index (χ0) is 24.8. The molecule has 6 rings (SSSR count). The molecule has 10 nitrogen and oxygen atoms in total. The Labute approximate surface area is 210 Å². The van der Waals surface area contributed by atoms with Crippen LogP contribution in [0.15, 0.2) is 53.7 Å². The van der Waals surface area contributed by atoms with Gasteiger partial charge in [0.05, 0.1) is 22.3 Å². The summed E-state index contributed by atoms with van der Waals surface area (Å²) in [4.78, 5) is 32.2. The van der Waals surface area contributed by atoms with Crippen LogP contribution >= 0.6 is 11.3 Å². The molecule has 1 N–H and O–H groups in total. The van der Waals surface area contributed by atoms with Gasteiger partial charge >= 0.3 is 0 Å². The van der Waals surface area contributed by atoms with E-state index >= 15 is 0 Å². The fourth-order valence-corrected chi connectivity index (χ4v) is 5.25. The molecule has 182 valence electrons. The number of nitrogens with one attached hydrogen (secondary N) is 1. The Balaban J connectivity index is 1.43. The Bertz CT molecular complexity index is 1660. The molecule has 11 heteroatoms. The predicted octanol–water partition coefficient (Wildman–Crippen LogP) is 3.24. The third kappa shape index (κ3) is 3.91. The number of nitrogens with zero attached hydrogens (tertiary/aromatic N) is 7. The lowest BCUT2D eigenvalue weighted by Crippen LogP contribution is -2.25. The minimum Gasteiger partial charge on any atom is -0.348 e. The van der Waals surface area contributed by atoms with Crippen LogP contribution in [0, 0.1) is 6.92 Å². The monoisotopic (exact) mass is 500 g/mol. The molecule has 1 fully saturated rings. The molecule has 0 atom stereocenters. The second-order valence-corrected chi connectivity index (χ2v) is 10.4. The first-order valence-electron chi connectivity index (χ1n) is 11.8. The van der Waals surface area contributed by atoms with Crippen LogP contribution in [0.5, 0.6) is 0 Å². The highest BCUT2D eigenvalue weighted by Crippen LogP contribution is 2.36. The first-order valence-corrected chi connectivity index (χ1v) is 12.6. The lowest BCUT2D eigenvalue weighted by molar-refractivity contribution is 0.0950.